The highest BCUT2D eigenvalue weighted by Gasteiger charge is 2.11. The standard InChI is InChI=1S/C14H14N2O2/c1-8-4-5-11(9(2)6-8)13-15-10(3)7-12(16-13)14(17)18/h4-7H,1-3H3,(H,17,18). The molecule has 0 amide bonds. The van der Waals surface area contributed by atoms with E-state index < -0.39 is 5.97 Å². The van der Waals surface area contributed by atoms with Gasteiger partial charge < -0.3 is 5.11 Å². The maximum Gasteiger partial charge on any atom is 0.354 e. The van der Waals surface area contributed by atoms with Gasteiger partial charge >= 0.3 is 5.97 Å². The second-order valence-corrected chi connectivity index (χ2v) is 4.34. The highest BCUT2D eigenvalue weighted by molar-refractivity contribution is 5.86. The van der Waals surface area contributed by atoms with Crippen molar-refractivity contribution in [3.05, 3.63) is 46.8 Å². The molecule has 0 bridgehead atoms. The third-order valence-electron chi connectivity index (χ3n) is 2.70. The van der Waals surface area contributed by atoms with E-state index in [4.69, 9.17) is 5.11 Å². The van der Waals surface area contributed by atoms with Crippen molar-refractivity contribution < 1.29 is 9.90 Å². The molecule has 2 rings (SSSR count). The number of nitrogens with zero attached hydrogens (tertiary/aromatic N) is 2. The molecule has 0 aliphatic carbocycles. The lowest BCUT2D eigenvalue weighted by Crippen LogP contribution is -2.04. The zero-order valence-corrected chi connectivity index (χ0v) is 10.6. The summed E-state index contributed by atoms with van der Waals surface area (Å²) in [5.41, 5.74) is 3.74. The fourth-order valence-electron chi connectivity index (χ4n) is 1.86. The highest BCUT2D eigenvalue weighted by Crippen LogP contribution is 2.21. The van der Waals surface area contributed by atoms with E-state index in [1.807, 2.05) is 32.0 Å². The van der Waals surface area contributed by atoms with Crippen molar-refractivity contribution in [3.8, 4) is 11.4 Å². The normalized spacial score (nSPS) is 10.4. The molecule has 0 unspecified atom stereocenters. The molecule has 1 N–H and O–H groups in total. The second kappa shape index (κ2) is 4.56. The van der Waals surface area contributed by atoms with Gasteiger partial charge in [0.15, 0.2) is 11.5 Å². The maximum absolute atomic E-state index is 11.0. The first-order valence-electron chi connectivity index (χ1n) is 5.64. The van der Waals surface area contributed by atoms with Crippen LogP contribution in [0.1, 0.15) is 27.3 Å². The van der Waals surface area contributed by atoms with Crippen LogP contribution in [0, 0.1) is 20.8 Å². The van der Waals surface area contributed by atoms with Crippen molar-refractivity contribution in [2.45, 2.75) is 20.8 Å². The predicted octanol–water partition coefficient (Wildman–Crippen LogP) is 2.77. The van der Waals surface area contributed by atoms with E-state index in [0.717, 1.165) is 16.7 Å². The summed E-state index contributed by atoms with van der Waals surface area (Å²) in [5, 5.41) is 9.00. The lowest BCUT2D eigenvalue weighted by atomic mass is 10.1. The average molecular weight is 242 g/mol. The van der Waals surface area contributed by atoms with Crippen LogP contribution < -0.4 is 0 Å². The van der Waals surface area contributed by atoms with E-state index in [-0.39, 0.29) is 5.69 Å². The summed E-state index contributed by atoms with van der Waals surface area (Å²) in [6.07, 6.45) is 0. The number of benzene rings is 1. The van der Waals surface area contributed by atoms with E-state index in [1.54, 1.807) is 6.92 Å². The number of hydrogen-bond acceptors (Lipinski definition) is 3. The van der Waals surface area contributed by atoms with Crippen LogP contribution in [-0.2, 0) is 0 Å². The van der Waals surface area contributed by atoms with Crippen molar-refractivity contribution in [2.24, 2.45) is 0 Å². The Morgan fingerprint density at radius 3 is 2.44 bits per heavy atom. The SMILES string of the molecule is Cc1ccc(-c2nc(C)cc(C(=O)O)n2)c(C)c1. The lowest BCUT2D eigenvalue weighted by Gasteiger charge is -2.07. The number of rotatable bonds is 2. The molecule has 0 aliphatic heterocycles. The van der Waals surface area contributed by atoms with Gasteiger partial charge in [-0.2, -0.15) is 0 Å². The third-order valence-corrected chi connectivity index (χ3v) is 2.70. The topological polar surface area (TPSA) is 63.1 Å². The zero-order valence-electron chi connectivity index (χ0n) is 10.6. The Kier molecular flexibility index (Phi) is 3.10. The Morgan fingerprint density at radius 2 is 1.83 bits per heavy atom. The van der Waals surface area contributed by atoms with Gasteiger partial charge in [-0.25, -0.2) is 14.8 Å². The minimum absolute atomic E-state index is 0.0254. The molecular weight excluding hydrogens is 228 g/mol. The number of carboxylic acid groups (broad SMARTS) is 1. The summed E-state index contributed by atoms with van der Waals surface area (Å²) in [6, 6.07) is 7.39. The summed E-state index contributed by atoms with van der Waals surface area (Å²) in [5.74, 6) is -0.573. The van der Waals surface area contributed by atoms with Gasteiger partial charge in [-0.1, -0.05) is 23.8 Å². The first-order chi connectivity index (χ1) is 8.47. The quantitative estimate of drug-likeness (QED) is 0.879. The van der Waals surface area contributed by atoms with Crippen LogP contribution in [0.15, 0.2) is 24.3 Å². The molecule has 1 aromatic carbocycles. The van der Waals surface area contributed by atoms with Gasteiger partial charge in [0.05, 0.1) is 0 Å². The molecule has 1 aromatic heterocycles. The molecular formula is C14H14N2O2. The van der Waals surface area contributed by atoms with E-state index in [0.29, 0.717) is 11.5 Å². The Morgan fingerprint density at radius 1 is 1.11 bits per heavy atom. The van der Waals surface area contributed by atoms with E-state index in [9.17, 15) is 4.79 Å². The molecule has 0 aliphatic rings. The third kappa shape index (κ3) is 2.37. The van der Waals surface area contributed by atoms with Crippen LogP contribution in [0.2, 0.25) is 0 Å². The number of aromatic nitrogens is 2. The molecule has 0 saturated carbocycles. The molecule has 0 spiro atoms. The molecule has 18 heavy (non-hydrogen) atoms. The first kappa shape index (κ1) is 12.2. The second-order valence-electron chi connectivity index (χ2n) is 4.34. The summed E-state index contributed by atoms with van der Waals surface area (Å²) in [6.45, 7) is 5.74. The number of aryl methyl sites for hydroxylation is 3. The number of carboxylic acids is 1. The van der Waals surface area contributed by atoms with Gasteiger partial charge in [0.1, 0.15) is 0 Å². The fourth-order valence-corrected chi connectivity index (χ4v) is 1.86. The van der Waals surface area contributed by atoms with Crippen LogP contribution in [-0.4, -0.2) is 21.0 Å². The fraction of sp³-hybridized carbons (Fsp3) is 0.214. The van der Waals surface area contributed by atoms with Gasteiger partial charge in [-0.3, -0.25) is 0 Å². The van der Waals surface area contributed by atoms with Crippen LogP contribution in [0.4, 0.5) is 0 Å². The molecule has 4 heteroatoms. The number of carbonyl (C=O) groups is 1. The Balaban J connectivity index is 2.60. The maximum atomic E-state index is 11.0. The monoisotopic (exact) mass is 242 g/mol. The Hall–Kier alpha value is -2.23. The zero-order chi connectivity index (χ0) is 13.3. The van der Waals surface area contributed by atoms with Crippen LogP contribution >= 0.6 is 0 Å². The van der Waals surface area contributed by atoms with Crippen molar-refractivity contribution in [1.82, 2.24) is 9.97 Å². The number of aromatic carboxylic acids is 1. The van der Waals surface area contributed by atoms with Crippen molar-refractivity contribution in [1.29, 1.82) is 0 Å². The largest absolute Gasteiger partial charge is 0.477 e. The van der Waals surface area contributed by atoms with Crippen molar-refractivity contribution in [2.75, 3.05) is 0 Å². The molecule has 0 radical (unpaired) electrons. The minimum atomic E-state index is -1.04. The smallest absolute Gasteiger partial charge is 0.354 e. The average Bonchev–Trinajstić information content (AvgIpc) is 2.27. The lowest BCUT2D eigenvalue weighted by molar-refractivity contribution is 0.0690. The Labute approximate surface area is 105 Å². The molecule has 0 fully saturated rings. The number of hydrogen-bond donors (Lipinski definition) is 1. The van der Waals surface area contributed by atoms with E-state index >= 15 is 0 Å². The predicted molar refractivity (Wildman–Crippen MR) is 68.6 cm³/mol. The molecule has 92 valence electrons. The van der Waals surface area contributed by atoms with Crippen LogP contribution in [0.25, 0.3) is 11.4 Å². The molecule has 0 atom stereocenters. The highest BCUT2D eigenvalue weighted by atomic mass is 16.4. The molecule has 1 heterocycles. The van der Waals surface area contributed by atoms with Crippen molar-refractivity contribution >= 4 is 5.97 Å². The Bertz CT molecular complexity index is 621. The summed E-state index contributed by atoms with van der Waals surface area (Å²) < 4.78 is 0. The van der Waals surface area contributed by atoms with Crippen molar-refractivity contribution in [3.63, 3.8) is 0 Å². The van der Waals surface area contributed by atoms with E-state index in [2.05, 4.69) is 9.97 Å². The van der Waals surface area contributed by atoms with Crippen LogP contribution in [0.3, 0.4) is 0 Å². The molecule has 0 saturated heterocycles. The first-order valence-corrected chi connectivity index (χ1v) is 5.64. The summed E-state index contributed by atoms with van der Waals surface area (Å²) in [7, 11) is 0. The summed E-state index contributed by atoms with van der Waals surface area (Å²) >= 11 is 0. The van der Waals surface area contributed by atoms with Gasteiger partial charge in [0.25, 0.3) is 0 Å². The summed E-state index contributed by atoms with van der Waals surface area (Å²) in [4.78, 5) is 19.4. The van der Waals surface area contributed by atoms with Gasteiger partial charge in [0, 0.05) is 11.3 Å². The molecule has 4 nitrogen and oxygen atoms in total. The van der Waals surface area contributed by atoms with Gasteiger partial charge in [-0.05, 0) is 32.4 Å². The van der Waals surface area contributed by atoms with Crippen LogP contribution in [0.5, 0.6) is 0 Å². The minimum Gasteiger partial charge on any atom is -0.477 e. The van der Waals surface area contributed by atoms with Gasteiger partial charge in [0.2, 0.25) is 0 Å². The van der Waals surface area contributed by atoms with Gasteiger partial charge in [-0.15, -0.1) is 0 Å². The molecule has 2 aromatic rings. The van der Waals surface area contributed by atoms with E-state index in [1.165, 1.54) is 6.07 Å².